The number of hydrogen-bond donors (Lipinski definition) is 1. The van der Waals surface area contributed by atoms with E-state index in [4.69, 9.17) is 9.47 Å². The van der Waals surface area contributed by atoms with E-state index < -0.39 is 23.5 Å². The second-order valence-corrected chi connectivity index (χ2v) is 10.3. The number of aliphatic hydroxyl groups is 1. The van der Waals surface area contributed by atoms with Crippen molar-refractivity contribution in [2.75, 3.05) is 18.6 Å². The Morgan fingerprint density at radius 1 is 1.08 bits per heavy atom. The molecule has 1 aliphatic rings. The van der Waals surface area contributed by atoms with Crippen LogP contribution in [0, 0.1) is 11.7 Å². The minimum Gasteiger partial charge on any atom is -0.507 e. The number of amides is 1. The smallest absolute Gasteiger partial charge is 0.301 e. The molecule has 1 saturated heterocycles. The number of aliphatic hydroxyl groups excluding tert-OH is 1. The third kappa shape index (κ3) is 4.72. The molecule has 38 heavy (non-hydrogen) atoms. The lowest BCUT2D eigenvalue weighted by Crippen LogP contribution is -2.29. The minimum atomic E-state index is -0.979. The van der Waals surface area contributed by atoms with Crippen molar-refractivity contribution in [3.63, 3.8) is 0 Å². The number of thiazole rings is 1. The van der Waals surface area contributed by atoms with E-state index in [1.54, 1.807) is 48.5 Å². The average molecular weight is 533 g/mol. The zero-order chi connectivity index (χ0) is 27.0. The van der Waals surface area contributed by atoms with Gasteiger partial charge in [-0.15, -0.1) is 0 Å². The predicted molar refractivity (Wildman–Crippen MR) is 144 cm³/mol. The van der Waals surface area contributed by atoms with E-state index in [0.29, 0.717) is 45.4 Å². The Bertz CT molecular complexity index is 1560. The first-order chi connectivity index (χ1) is 18.3. The van der Waals surface area contributed by atoms with Crippen LogP contribution < -0.4 is 14.4 Å². The number of nitrogens with zero attached hydrogens (tertiary/aromatic N) is 2. The van der Waals surface area contributed by atoms with E-state index in [1.807, 2.05) is 13.8 Å². The Morgan fingerprint density at radius 3 is 2.55 bits per heavy atom. The summed E-state index contributed by atoms with van der Waals surface area (Å²) in [4.78, 5) is 32.6. The Morgan fingerprint density at radius 2 is 1.84 bits per heavy atom. The molecule has 0 radical (unpaired) electrons. The zero-order valence-electron chi connectivity index (χ0n) is 21.0. The maximum absolute atomic E-state index is 13.8. The third-order valence-corrected chi connectivity index (χ3v) is 7.13. The number of fused-ring (bicyclic) bond motifs is 1. The molecule has 0 bridgehead atoms. The maximum Gasteiger partial charge on any atom is 0.301 e. The van der Waals surface area contributed by atoms with Crippen LogP contribution in [0.2, 0.25) is 0 Å². The molecule has 1 amide bonds. The topological polar surface area (TPSA) is 89.0 Å². The van der Waals surface area contributed by atoms with Crippen molar-refractivity contribution in [1.29, 1.82) is 0 Å². The summed E-state index contributed by atoms with van der Waals surface area (Å²) >= 11 is 1.09. The third-order valence-electron chi connectivity index (χ3n) is 6.11. The van der Waals surface area contributed by atoms with Crippen LogP contribution in [0.1, 0.15) is 31.0 Å². The van der Waals surface area contributed by atoms with Gasteiger partial charge in [0.2, 0.25) is 0 Å². The second-order valence-electron chi connectivity index (χ2n) is 9.28. The van der Waals surface area contributed by atoms with Gasteiger partial charge in [-0.25, -0.2) is 9.37 Å². The average Bonchev–Trinajstić information content (AvgIpc) is 3.44. The summed E-state index contributed by atoms with van der Waals surface area (Å²) in [5.41, 5.74) is 1.32. The van der Waals surface area contributed by atoms with Crippen molar-refractivity contribution in [2.45, 2.75) is 19.9 Å². The van der Waals surface area contributed by atoms with Crippen molar-refractivity contribution >= 4 is 44.1 Å². The van der Waals surface area contributed by atoms with Crippen LogP contribution in [0.25, 0.3) is 16.0 Å². The maximum atomic E-state index is 13.8. The number of rotatable bonds is 7. The molecular formula is C29H25FN2O5S. The lowest BCUT2D eigenvalue weighted by atomic mass is 9.95. The highest BCUT2D eigenvalue weighted by Crippen LogP contribution is 2.45. The molecule has 1 atom stereocenters. The molecule has 3 aromatic carbocycles. The van der Waals surface area contributed by atoms with E-state index >= 15 is 0 Å². The molecule has 1 unspecified atom stereocenters. The summed E-state index contributed by atoms with van der Waals surface area (Å²) in [6, 6.07) is 16.8. The number of anilines is 1. The summed E-state index contributed by atoms with van der Waals surface area (Å²) in [6.07, 6.45) is 0. The summed E-state index contributed by atoms with van der Waals surface area (Å²) in [5, 5.41) is 11.6. The number of ether oxygens (including phenoxy) is 2. The second kappa shape index (κ2) is 10.3. The molecule has 1 aromatic heterocycles. The molecule has 0 aliphatic carbocycles. The van der Waals surface area contributed by atoms with Gasteiger partial charge in [0.15, 0.2) is 5.13 Å². The first-order valence-corrected chi connectivity index (χ1v) is 12.8. The standard InChI is InChI=1S/C29H25FN2O5S/c1-16(2)15-37-20-10-7-17(8-11-20)26(33)24-25(18-5-4-6-21(13-18)36-3)32(28(35)27(24)34)29-31-22-12-9-19(30)14-23(22)38-29/h4-14,16,25,33H,15H2,1-3H3/b26-24+. The molecule has 9 heteroatoms. The first kappa shape index (κ1) is 25.4. The number of halogens is 1. The van der Waals surface area contributed by atoms with Crippen LogP contribution in [-0.2, 0) is 9.59 Å². The molecule has 7 nitrogen and oxygen atoms in total. The van der Waals surface area contributed by atoms with Crippen LogP contribution in [0.15, 0.2) is 72.3 Å². The molecule has 0 saturated carbocycles. The van der Waals surface area contributed by atoms with E-state index in [2.05, 4.69) is 4.98 Å². The minimum absolute atomic E-state index is 0.0791. The van der Waals surface area contributed by atoms with Crippen LogP contribution in [0.4, 0.5) is 9.52 Å². The Balaban J connectivity index is 1.64. The van der Waals surface area contributed by atoms with Crippen molar-refractivity contribution < 1.29 is 28.6 Å². The Kier molecular flexibility index (Phi) is 6.86. The van der Waals surface area contributed by atoms with E-state index in [1.165, 1.54) is 30.2 Å². The molecule has 1 aliphatic heterocycles. The molecule has 2 heterocycles. The SMILES string of the molecule is COc1cccc(C2/C(=C(\O)c3ccc(OCC(C)C)cc3)C(=O)C(=O)N2c2nc3ccc(F)cc3s2)c1. The highest BCUT2D eigenvalue weighted by molar-refractivity contribution is 7.22. The molecule has 194 valence electrons. The molecule has 1 N–H and O–H groups in total. The fraction of sp³-hybridized carbons (Fsp3) is 0.207. The quantitative estimate of drug-likeness (QED) is 0.176. The number of carbonyl (C=O) groups excluding carboxylic acids is 2. The summed E-state index contributed by atoms with van der Waals surface area (Å²) in [6.45, 7) is 4.62. The van der Waals surface area contributed by atoms with Crippen molar-refractivity contribution in [2.24, 2.45) is 5.92 Å². The Hall–Kier alpha value is -4.24. The van der Waals surface area contributed by atoms with Gasteiger partial charge in [0.05, 0.1) is 35.5 Å². The largest absolute Gasteiger partial charge is 0.507 e. The van der Waals surface area contributed by atoms with Crippen molar-refractivity contribution in [3.05, 3.63) is 89.2 Å². The molecule has 5 rings (SSSR count). The van der Waals surface area contributed by atoms with Gasteiger partial charge < -0.3 is 14.6 Å². The normalized spacial score (nSPS) is 17.0. The Labute approximate surface area is 222 Å². The van der Waals surface area contributed by atoms with E-state index in [9.17, 15) is 19.1 Å². The highest BCUT2D eigenvalue weighted by atomic mass is 32.1. The van der Waals surface area contributed by atoms with Crippen LogP contribution in [0.3, 0.4) is 0 Å². The van der Waals surface area contributed by atoms with Crippen molar-refractivity contribution in [3.8, 4) is 11.5 Å². The number of carbonyl (C=O) groups is 2. The summed E-state index contributed by atoms with van der Waals surface area (Å²) in [5.74, 6) is -0.938. The molecule has 0 spiro atoms. The van der Waals surface area contributed by atoms with Gasteiger partial charge in [-0.05, 0) is 66.1 Å². The highest BCUT2D eigenvalue weighted by Gasteiger charge is 2.48. The van der Waals surface area contributed by atoms with Crippen LogP contribution in [0.5, 0.6) is 11.5 Å². The number of methoxy groups -OCH3 is 1. The number of aromatic nitrogens is 1. The first-order valence-electron chi connectivity index (χ1n) is 12.0. The summed E-state index contributed by atoms with van der Waals surface area (Å²) in [7, 11) is 1.51. The number of ketones is 1. The van der Waals surface area contributed by atoms with Gasteiger partial charge in [-0.3, -0.25) is 14.5 Å². The number of benzene rings is 3. The van der Waals surface area contributed by atoms with Gasteiger partial charge >= 0.3 is 5.91 Å². The fourth-order valence-electron chi connectivity index (χ4n) is 4.27. The number of Topliss-reactive ketones (excluding diaryl/α,β-unsaturated/α-hetero) is 1. The van der Waals surface area contributed by atoms with Gasteiger partial charge in [-0.2, -0.15) is 0 Å². The van der Waals surface area contributed by atoms with Gasteiger partial charge in [0.1, 0.15) is 23.1 Å². The van der Waals surface area contributed by atoms with E-state index in [0.717, 1.165) is 11.3 Å². The van der Waals surface area contributed by atoms with Gasteiger partial charge in [-0.1, -0.05) is 37.3 Å². The molecular weight excluding hydrogens is 507 g/mol. The lowest BCUT2D eigenvalue weighted by molar-refractivity contribution is -0.132. The summed E-state index contributed by atoms with van der Waals surface area (Å²) < 4.78 is 25.5. The monoisotopic (exact) mass is 532 g/mol. The van der Waals surface area contributed by atoms with Crippen molar-refractivity contribution in [1.82, 2.24) is 4.98 Å². The van der Waals surface area contributed by atoms with Gasteiger partial charge in [0.25, 0.3) is 5.78 Å². The van der Waals surface area contributed by atoms with Gasteiger partial charge in [0, 0.05) is 5.56 Å². The molecule has 4 aromatic rings. The fourth-order valence-corrected chi connectivity index (χ4v) is 5.29. The van der Waals surface area contributed by atoms with E-state index in [-0.39, 0.29) is 16.5 Å². The van der Waals surface area contributed by atoms with Crippen LogP contribution >= 0.6 is 11.3 Å². The number of hydrogen-bond acceptors (Lipinski definition) is 7. The molecule has 1 fully saturated rings. The van der Waals surface area contributed by atoms with Crippen LogP contribution in [-0.4, -0.2) is 35.5 Å². The zero-order valence-corrected chi connectivity index (χ0v) is 21.8. The predicted octanol–water partition coefficient (Wildman–Crippen LogP) is 6.11. The lowest BCUT2D eigenvalue weighted by Gasteiger charge is -2.23.